The number of hydrogen-bond acceptors (Lipinski definition) is 4. The van der Waals surface area contributed by atoms with Gasteiger partial charge in [0.15, 0.2) is 0 Å². The van der Waals surface area contributed by atoms with Gasteiger partial charge in [0.2, 0.25) is 5.91 Å². The first-order chi connectivity index (χ1) is 13.3. The zero-order valence-electron chi connectivity index (χ0n) is 13.8. The van der Waals surface area contributed by atoms with Gasteiger partial charge in [-0.15, -0.1) is 0 Å². The Kier molecular flexibility index (Phi) is 6.30. The number of nitrogens with one attached hydrogen (secondary N) is 1. The highest BCUT2D eigenvalue weighted by molar-refractivity contribution is 8.18. The van der Waals surface area contributed by atoms with Gasteiger partial charge in [0.1, 0.15) is 12.4 Å². The van der Waals surface area contributed by atoms with E-state index in [9.17, 15) is 18.8 Å². The molecule has 1 aliphatic heterocycles. The van der Waals surface area contributed by atoms with Crippen molar-refractivity contribution in [3.05, 3.63) is 67.8 Å². The molecule has 3 amide bonds. The van der Waals surface area contributed by atoms with Gasteiger partial charge in [-0.1, -0.05) is 46.9 Å². The molecular formula is C18H10Cl3FN2O3S. The largest absolute Gasteiger partial charge is 0.324 e. The smallest absolute Gasteiger partial charge is 0.294 e. The van der Waals surface area contributed by atoms with Gasteiger partial charge in [-0.2, -0.15) is 0 Å². The molecule has 1 aliphatic rings. The number of nitrogens with zero attached hydrogens (tertiary/aromatic N) is 1. The molecule has 1 heterocycles. The third-order valence-electron chi connectivity index (χ3n) is 3.65. The summed E-state index contributed by atoms with van der Waals surface area (Å²) in [5.74, 6) is -1.89. The summed E-state index contributed by atoms with van der Waals surface area (Å²) in [6, 6.07) is 8.53. The molecule has 0 spiro atoms. The molecule has 10 heteroatoms. The molecule has 0 radical (unpaired) electrons. The van der Waals surface area contributed by atoms with Crippen LogP contribution >= 0.6 is 46.6 Å². The van der Waals surface area contributed by atoms with Crippen LogP contribution in [-0.4, -0.2) is 28.5 Å². The van der Waals surface area contributed by atoms with Crippen LogP contribution in [-0.2, 0) is 9.59 Å². The molecule has 0 atom stereocenters. The van der Waals surface area contributed by atoms with E-state index < -0.39 is 29.4 Å². The number of anilines is 1. The minimum atomic E-state index is -0.632. The standard InChI is InChI=1S/C18H10Cl3FN2O3S/c19-11-3-1-2-9(16(11)21)6-14-17(26)24(18(27)28-14)8-15(25)23-10-4-5-13(22)12(20)7-10/h1-7H,8H2,(H,23,25)/b14-6+. The summed E-state index contributed by atoms with van der Waals surface area (Å²) in [6.07, 6.45) is 1.44. The summed E-state index contributed by atoms with van der Waals surface area (Å²) in [5.41, 5.74) is 0.717. The molecule has 28 heavy (non-hydrogen) atoms. The van der Waals surface area contributed by atoms with Gasteiger partial charge in [0.05, 0.1) is 20.0 Å². The number of rotatable bonds is 4. The Morgan fingerprint density at radius 3 is 2.61 bits per heavy atom. The minimum Gasteiger partial charge on any atom is -0.324 e. The fourth-order valence-electron chi connectivity index (χ4n) is 2.33. The summed E-state index contributed by atoms with van der Waals surface area (Å²) in [7, 11) is 0. The fourth-order valence-corrected chi connectivity index (χ4v) is 3.70. The molecule has 0 bridgehead atoms. The lowest BCUT2D eigenvalue weighted by molar-refractivity contribution is -0.127. The Hall–Kier alpha value is -2.06. The molecular weight excluding hydrogens is 450 g/mol. The lowest BCUT2D eigenvalue weighted by Crippen LogP contribution is -2.36. The van der Waals surface area contributed by atoms with Crippen LogP contribution in [0.25, 0.3) is 6.08 Å². The van der Waals surface area contributed by atoms with Gasteiger partial charge < -0.3 is 5.32 Å². The average molecular weight is 460 g/mol. The van der Waals surface area contributed by atoms with E-state index in [1.54, 1.807) is 18.2 Å². The van der Waals surface area contributed by atoms with E-state index in [0.717, 1.165) is 11.0 Å². The molecule has 0 unspecified atom stereocenters. The average Bonchev–Trinajstić information content (AvgIpc) is 2.89. The number of amides is 3. The number of carbonyl (C=O) groups excluding carboxylic acids is 3. The Bertz CT molecular complexity index is 1030. The van der Waals surface area contributed by atoms with E-state index in [0.29, 0.717) is 22.3 Å². The minimum absolute atomic E-state index is 0.117. The molecule has 1 fully saturated rings. The highest BCUT2D eigenvalue weighted by Crippen LogP contribution is 2.35. The summed E-state index contributed by atoms with van der Waals surface area (Å²) in [4.78, 5) is 37.7. The van der Waals surface area contributed by atoms with Crippen LogP contribution in [0.3, 0.4) is 0 Å². The third-order valence-corrected chi connectivity index (χ3v) is 5.68. The van der Waals surface area contributed by atoms with Crippen molar-refractivity contribution in [2.24, 2.45) is 0 Å². The maximum atomic E-state index is 13.2. The van der Waals surface area contributed by atoms with E-state index in [-0.39, 0.29) is 20.6 Å². The van der Waals surface area contributed by atoms with Crippen molar-refractivity contribution in [1.82, 2.24) is 4.90 Å². The Labute approximate surface area is 178 Å². The van der Waals surface area contributed by atoms with Gasteiger partial charge in [-0.3, -0.25) is 19.3 Å². The lowest BCUT2D eigenvalue weighted by Gasteiger charge is -2.12. The predicted molar refractivity (Wildman–Crippen MR) is 109 cm³/mol. The van der Waals surface area contributed by atoms with E-state index in [1.807, 2.05) is 0 Å². The van der Waals surface area contributed by atoms with E-state index >= 15 is 0 Å². The Balaban J connectivity index is 1.73. The first-order valence-electron chi connectivity index (χ1n) is 7.70. The Morgan fingerprint density at radius 1 is 1.14 bits per heavy atom. The molecule has 0 saturated carbocycles. The number of imide groups is 1. The van der Waals surface area contributed by atoms with E-state index in [4.69, 9.17) is 34.8 Å². The van der Waals surface area contributed by atoms with Crippen LogP contribution in [0.5, 0.6) is 0 Å². The van der Waals surface area contributed by atoms with Crippen LogP contribution < -0.4 is 5.32 Å². The van der Waals surface area contributed by atoms with Gasteiger partial charge >= 0.3 is 0 Å². The van der Waals surface area contributed by atoms with Crippen molar-refractivity contribution >= 4 is 75.4 Å². The lowest BCUT2D eigenvalue weighted by atomic mass is 10.2. The molecule has 1 saturated heterocycles. The predicted octanol–water partition coefficient (Wildman–Crippen LogP) is 5.46. The SMILES string of the molecule is O=C(CN1C(=O)S/C(=C/c2cccc(Cl)c2Cl)C1=O)Nc1ccc(F)c(Cl)c1. The van der Waals surface area contributed by atoms with E-state index in [1.165, 1.54) is 18.2 Å². The summed E-state index contributed by atoms with van der Waals surface area (Å²) in [6.45, 7) is -0.500. The number of halogens is 4. The number of benzene rings is 2. The fraction of sp³-hybridized carbons (Fsp3) is 0.0556. The summed E-state index contributed by atoms with van der Waals surface area (Å²) < 4.78 is 13.2. The van der Waals surface area contributed by atoms with Crippen LogP contribution in [0.15, 0.2) is 41.3 Å². The molecule has 3 rings (SSSR count). The first-order valence-corrected chi connectivity index (χ1v) is 9.65. The normalized spacial score (nSPS) is 15.4. The number of hydrogen-bond donors (Lipinski definition) is 1. The topological polar surface area (TPSA) is 66.5 Å². The molecule has 1 N–H and O–H groups in total. The number of carbonyl (C=O) groups is 3. The monoisotopic (exact) mass is 458 g/mol. The number of thioether (sulfide) groups is 1. The van der Waals surface area contributed by atoms with Gasteiger partial charge in [-0.05, 0) is 47.7 Å². The van der Waals surface area contributed by atoms with Crippen LogP contribution in [0.2, 0.25) is 15.1 Å². The zero-order valence-corrected chi connectivity index (χ0v) is 16.9. The zero-order chi connectivity index (χ0) is 20.4. The second-order valence-corrected chi connectivity index (χ2v) is 7.77. The molecule has 2 aromatic carbocycles. The van der Waals surface area contributed by atoms with Crippen molar-refractivity contribution in [3.63, 3.8) is 0 Å². The van der Waals surface area contributed by atoms with Crippen LogP contribution in [0.4, 0.5) is 14.9 Å². The van der Waals surface area contributed by atoms with Crippen LogP contribution in [0.1, 0.15) is 5.56 Å². The summed E-state index contributed by atoms with van der Waals surface area (Å²) >= 11 is 18.4. The summed E-state index contributed by atoms with van der Waals surface area (Å²) in [5, 5.41) is 2.26. The maximum absolute atomic E-state index is 13.2. The van der Waals surface area contributed by atoms with Crippen molar-refractivity contribution in [2.75, 3.05) is 11.9 Å². The molecule has 0 aliphatic carbocycles. The van der Waals surface area contributed by atoms with Crippen LogP contribution in [0, 0.1) is 5.82 Å². The molecule has 5 nitrogen and oxygen atoms in total. The van der Waals surface area contributed by atoms with Crippen molar-refractivity contribution in [1.29, 1.82) is 0 Å². The second-order valence-electron chi connectivity index (χ2n) is 5.59. The van der Waals surface area contributed by atoms with Gasteiger partial charge in [0, 0.05) is 5.69 Å². The first kappa shape index (κ1) is 20.7. The highest BCUT2D eigenvalue weighted by Gasteiger charge is 2.36. The van der Waals surface area contributed by atoms with Gasteiger partial charge in [-0.25, -0.2) is 4.39 Å². The quantitative estimate of drug-likeness (QED) is 0.617. The Morgan fingerprint density at radius 2 is 1.89 bits per heavy atom. The molecule has 0 aromatic heterocycles. The molecule has 2 aromatic rings. The van der Waals surface area contributed by atoms with Crippen molar-refractivity contribution < 1.29 is 18.8 Å². The maximum Gasteiger partial charge on any atom is 0.294 e. The van der Waals surface area contributed by atoms with Crippen molar-refractivity contribution in [2.45, 2.75) is 0 Å². The highest BCUT2D eigenvalue weighted by atomic mass is 35.5. The van der Waals surface area contributed by atoms with E-state index in [2.05, 4.69) is 5.32 Å². The van der Waals surface area contributed by atoms with Crippen molar-refractivity contribution in [3.8, 4) is 0 Å². The molecule has 144 valence electrons. The third kappa shape index (κ3) is 4.50. The van der Waals surface area contributed by atoms with Gasteiger partial charge in [0.25, 0.3) is 11.1 Å². The second kappa shape index (κ2) is 8.53.